The minimum Gasteiger partial charge on any atom is -0.383 e. The van der Waals surface area contributed by atoms with Gasteiger partial charge in [0.1, 0.15) is 5.82 Å². The van der Waals surface area contributed by atoms with Gasteiger partial charge in [-0.15, -0.1) is 0 Å². The molecule has 0 bridgehead atoms. The Kier molecular flexibility index (Phi) is 3.38. The van der Waals surface area contributed by atoms with E-state index >= 15 is 0 Å². The van der Waals surface area contributed by atoms with Crippen molar-refractivity contribution in [1.82, 2.24) is 10.4 Å². The summed E-state index contributed by atoms with van der Waals surface area (Å²) in [7, 11) is 1.71. The van der Waals surface area contributed by atoms with E-state index in [-0.39, 0.29) is 12.1 Å². The van der Waals surface area contributed by atoms with Crippen LogP contribution in [-0.4, -0.2) is 18.2 Å². The second-order valence-electron chi connectivity index (χ2n) is 4.16. The predicted molar refractivity (Wildman–Crippen MR) is 62.2 cm³/mol. The van der Waals surface area contributed by atoms with E-state index in [0.29, 0.717) is 11.7 Å². The van der Waals surface area contributed by atoms with Crippen LogP contribution in [0.5, 0.6) is 0 Å². The Morgan fingerprint density at radius 3 is 2.81 bits per heavy atom. The Hall–Kier alpha value is -1.17. The highest BCUT2D eigenvalue weighted by atomic mass is 16.5. The monoisotopic (exact) mass is 222 g/mol. The first-order valence-corrected chi connectivity index (χ1v) is 5.47. The van der Waals surface area contributed by atoms with Gasteiger partial charge in [0.05, 0.1) is 12.1 Å². The molecule has 2 atom stereocenters. The summed E-state index contributed by atoms with van der Waals surface area (Å²) in [5, 5.41) is 0. The molecule has 1 aromatic rings. The van der Waals surface area contributed by atoms with Gasteiger partial charge in [-0.25, -0.2) is 4.98 Å². The van der Waals surface area contributed by atoms with Crippen molar-refractivity contribution < 1.29 is 4.74 Å². The molecule has 0 radical (unpaired) electrons. The molecule has 5 nitrogen and oxygen atoms in total. The van der Waals surface area contributed by atoms with Gasteiger partial charge < -0.3 is 10.5 Å². The number of anilines is 1. The van der Waals surface area contributed by atoms with Gasteiger partial charge >= 0.3 is 0 Å². The molecule has 1 saturated carbocycles. The third-order valence-electron chi connectivity index (χ3n) is 3.07. The largest absolute Gasteiger partial charge is 0.383 e. The minimum atomic E-state index is -0.0915. The molecule has 1 aromatic heterocycles. The van der Waals surface area contributed by atoms with Crippen LogP contribution in [-0.2, 0) is 4.74 Å². The van der Waals surface area contributed by atoms with Crippen molar-refractivity contribution in [3.8, 4) is 0 Å². The van der Waals surface area contributed by atoms with E-state index in [1.807, 2.05) is 12.1 Å². The standard InChI is InChI=1S/C11H18N4O/c1-16-10(7-4-5-7)9(15-13)8-3-2-6-14-11(8)12/h2-3,6-7,9-10,15H,4-5,13H2,1H3,(H2,12,14). The second kappa shape index (κ2) is 4.78. The SMILES string of the molecule is COC(C1CC1)C(NN)c1cccnc1N. The van der Waals surface area contributed by atoms with Gasteiger partial charge in [-0.2, -0.15) is 0 Å². The topological polar surface area (TPSA) is 86.2 Å². The average molecular weight is 222 g/mol. The summed E-state index contributed by atoms with van der Waals surface area (Å²) in [5.41, 5.74) is 9.54. The molecular formula is C11H18N4O. The fraction of sp³-hybridized carbons (Fsp3) is 0.545. The van der Waals surface area contributed by atoms with Crippen molar-refractivity contribution in [1.29, 1.82) is 0 Å². The van der Waals surface area contributed by atoms with Crippen molar-refractivity contribution in [2.24, 2.45) is 11.8 Å². The lowest BCUT2D eigenvalue weighted by Gasteiger charge is -2.26. The van der Waals surface area contributed by atoms with Crippen molar-refractivity contribution >= 4 is 5.82 Å². The highest BCUT2D eigenvalue weighted by Crippen LogP contribution is 2.40. The Morgan fingerprint density at radius 1 is 1.56 bits per heavy atom. The zero-order valence-corrected chi connectivity index (χ0v) is 9.39. The second-order valence-corrected chi connectivity index (χ2v) is 4.16. The van der Waals surface area contributed by atoms with Gasteiger partial charge in [0.2, 0.25) is 0 Å². The number of hydrazine groups is 1. The number of rotatable bonds is 5. The number of nitrogens with two attached hydrogens (primary N) is 2. The van der Waals surface area contributed by atoms with E-state index in [4.69, 9.17) is 16.3 Å². The maximum absolute atomic E-state index is 5.85. The van der Waals surface area contributed by atoms with Gasteiger partial charge in [-0.3, -0.25) is 11.3 Å². The number of nitrogens with one attached hydrogen (secondary N) is 1. The third kappa shape index (κ3) is 2.16. The molecule has 0 spiro atoms. The molecule has 1 aliphatic rings. The maximum atomic E-state index is 5.85. The number of aromatic nitrogens is 1. The van der Waals surface area contributed by atoms with Crippen LogP contribution in [0.2, 0.25) is 0 Å². The molecule has 5 N–H and O–H groups in total. The summed E-state index contributed by atoms with van der Waals surface area (Å²) in [6, 6.07) is 3.70. The molecule has 1 fully saturated rings. The highest BCUT2D eigenvalue weighted by Gasteiger charge is 2.37. The third-order valence-corrected chi connectivity index (χ3v) is 3.07. The normalized spacial score (nSPS) is 19.4. The van der Waals surface area contributed by atoms with Gasteiger partial charge in [-0.05, 0) is 24.8 Å². The van der Waals surface area contributed by atoms with Crippen LogP contribution in [0.15, 0.2) is 18.3 Å². The molecule has 1 heterocycles. The van der Waals surface area contributed by atoms with E-state index in [2.05, 4.69) is 10.4 Å². The van der Waals surface area contributed by atoms with Crippen molar-refractivity contribution in [3.05, 3.63) is 23.9 Å². The molecule has 2 rings (SSSR count). The van der Waals surface area contributed by atoms with E-state index < -0.39 is 0 Å². The van der Waals surface area contributed by atoms with Crippen molar-refractivity contribution in [3.63, 3.8) is 0 Å². The average Bonchev–Trinajstić information content (AvgIpc) is 3.11. The lowest BCUT2D eigenvalue weighted by molar-refractivity contribution is 0.0508. The van der Waals surface area contributed by atoms with Gasteiger partial charge in [0, 0.05) is 18.9 Å². The van der Waals surface area contributed by atoms with Crippen LogP contribution in [0.1, 0.15) is 24.4 Å². The Bertz CT molecular complexity index is 354. The molecule has 1 aliphatic carbocycles. The Morgan fingerprint density at radius 2 is 2.31 bits per heavy atom. The number of nitrogens with zero attached hydrogens (tertiary/aromatic N) is 1. The Labute approximate surface area is 95.1 Å². The van der Waals surface area contributed by atoms with Crippen molar-refractivity contribution in [2.45, 2.75) is 25.0 Å². The van der Waals surface area contributed by atoms with E-state index in [0.717, 1.165) is 5.56 Å². The first-order chi connectivity index (χ1) is 7.77. The highest BCUT2D eigenvalue weighted by molar-refractivity contribution is 5.41. The lowest BCUT2D eigenvalue weighted by Crippen LogP contribution is -2.39. The predicted octanol–water partition coefficient (Wildman–Crippen LogP) is 0.593. The van der Waals surface area contributed by atoms with E-state index in [1.165, 1.54) is 12.8 Å². The lowest BCUT2D eigenvalue weighted by atomic mass is 9.99. The fourth-order valence-electron chi connectivity index (χ4n) is 2.08. The van der Waals surface area contributed by atoms with Gasteiger partial charge in [0.15, 0.2) is 0 Å². The molecule has 0 aliphatic heterocycles. The minimum absolute atomic E-state index is 0.0662. The quantitative estimate of drug-likeness (QED) is 0.501. The molecule has 2 unspecified atom stereocenters. The summed E-state index contributed by atoms with van der Waals surface area (Å²) in [6.45, 7) is 0. The van der Waals surface area contributed by atoms with Gasteiger partial charge in [0.25, 0.3) is 0 Å². The molecule has 88 valence electrons. The van der Waals surface area contributed by atoms with Crippen LogP contribution < -0.4 is 17.0 Å². The molecule has 5 heteroatoms. The fourth-order valence-corrected chi connectivity index (χ4v) is 2.08. The summed E-state index contributed by atoms with van der Waals surface area (Å²) in [6.07, 6.45) is 4.12. The Balaban J connectivity index is 2.23. The van der Waals surface area contributed by atoms with Crippen LogP contribution in [0, 0.1) is 5.92 Å². The zero-order chi connectivity index (χ0) is 11.5. The zero-order valence-electron chi connectivity index (χ0n) is 9.39. The summed E-state index contributed by atoms with van der Waals surface area (Å²) < 4.78 is 5.51. The maximum Gasteiger partial charge on any atom is 0.128 e. The molecule has 0 saturated heterocycles. The molecule has 16 heavy (non-hydrogen) atoms. The molecule has 0 aromatic carbocycles. The van der Waals surface area contributed by atoms with Crippen LogP contribution >= 0.6 is 0 Å². The number of pyridine rings is 1. The van der Waals surface area contributed by atoms with Crippen LogP contribution in [0.3, 0.4) is 0 Å². The summed E-state index contributed by atoms with van der Waals surface area (Å²) >= 11 is 0. The molecule has 0 amide bonds. The molecular weight excluding hydrogens is 204 g/mol. The first-order valence-electron chi connectivity index (χ1n) is 5.47. The number of hydrogen-bond donors (Lipinski definition) is 3. The van der Waals surface area contributed by atoms with Gasteiger partial charge in [-0.1, -0.05) is 6.07 Å². The number of ether oxygens (including phenoxy) is 1. The van der Waals surface area contributed by atoms with E-state index in [9.17, 15) is 0 Å². The van der Waals surface area contributed by atoms with Crippen molar-refractivity contribution in [2.75, 3.05) is 12.8 Å². The van der Waals surface area contributed by atoms with Crippen LogP contribution in [0.4, 0.5) is 5.82 Å². The number of nitrogen functional groups attached to an aromatic ring is 1. The number of hydrogen-bond acceptors (Lipinski definition) is 5. The summed E-state index contributed by atoms with van der Waals surface area (Å²) in [5.74, 6) is 6.68. The number of methoxy groups -OCH3 is 1. The smallest absolute Gasteiger partial charge is 0.128 e. The first kappa shape index (κ1) is 11.3. The summed E-state index contributed by atoms with van der Waals surface area (Å²) in [4.78, 5) is 4.07. The van der Waals surface area contributed by atoms with E-state index in [1.54, 1.807) is 13.3 Å². The van der Waals surface area contributed by atoms with Crippen LogP contribution in [0.25, 0.3) is 0 Å².